The molecule has 2 N–H and O–H groups in total. The Labute approximate surface area is 224 Å². The number of benzene rings is 1. The summed E-state index contributed by atoms with van der Waals surface area (Å²) in [7, 11) is 1.70. The average Bonchev–Trinajstić information content (AvgIpc) is 3.74. The molecule has 5 nitrogen and oxygen atoms in total. The molecular formula is C33H34N4O. The van der Waals surface area contributed by atoms with Crippen molar-refractivity contribution in [3.8, 4) is 5.75 Å². The summed E-state index contributed by atoms with van der Waals surface area (Å²) in [6.07, 6.45) is 17.2. The lowest BCUT2D eigenvalue weighted by Crippen LogP contribution is -2.36. The zero-order valence-electron chi connectivity index (χ0n) is 22.3. The number of fused-ring (bicyclic) bond motifs is 6. The van der Waals surface area contributed by atoms with Crippen LogP contribution in [-0.4, -0.2) is 28.5 Å². The number of hydrogen-bond acceptors (Lipinski definition) is 3. The van der Waals surface area contributed by atoms with E-state index in [0.29, 0.717) is 0 Å². The van der Waals surface area contributed by atoms with Crippen LogP contribution in [0.25, 0.3) is 12.2 Å². The molecule has 0 atom stereocenters. The number of hydrogen-bond donors (Lipinski definition) is 2. The smallest absolute Gasteiger partial charge is 0.118 e. The minimum Gasteiger partial charge on any atom is -0.497 e. The van der Waals surface area contributed by atoms with Gasteiger partial charge in [-0.3, -0.25) is 9.98 Å². The van der Waals surface area contributed by atoms with Crippen molar-refractivity contribution in [1.82, 2.24) is 9.97 Å². The van der Waals surface area contributed by atoms with Crippen molar-refractivity contribution >= 4 is 23.6 Å². The normalized spacial score (nSPS) is 21.9. The monoisotopic (exact) mass is 502 g/mol. The van der Waals surface area contributed by atoms with Gasteiger partial charge in [0.2, 0.25) is 0 Å². The van der Waals surface area contributed by atoms with Gasteiger partial charge in [-0.2, -0.15) is 0 Å². The highest BCUT2D eigenvalue weighted by Gasteiger charge is 2.39. The summed E-state index contributed by atoms with van der Waals surface area (Å²) in [6.45, 7) is 4.50. The maximum Gasteiger partial charge on any atom is 0.118 e. The standard InChI is InChI=1S/C33H34N4O/c1-4-18-33(19-5-2)30-16-10-25(36-30)20-23-8-14-28(34-23)32(22-6-12-27(38-3)13-7-22)29-15-9-24(35-29)21-26-11-17-31(33)37-26/h6-17,20-21,32,34-35H,4-5,18-19H2,1-3H3/b25-20-,26-21-. The van der Waals surface area contributed by atoms with E-state index in [1.807, 2.05) is 12.1 Å². The van der Waals surface area contributed by atoms with Crippen LogP contribution < -0.4 is 4.74 Å². The number of allylic oxidation sites excluding steroid dienone is 4. The molecule has 3 aliphatic rings. The summed E-state index contributed by atoms with van der Waals surface area (Å²) in [6, 6.07) is 16.9. The molecule has 1 aromatic carbocycles. The molecule has 2 aromatic heterocycles. The Morgan fingerprint density at radius 1 is 0.711 bits per heavy atom. The molecule has 0 saturated carbocycles. The van der Waals surface area contributed by atoms with Crippen molar-refractivity contribution < 1.29 is 4.74 Å². The number of ether oxygens (including phenoxy) is 1. The molecule has 0 aliphatic carbocycles. The number of aromatic amines is 2. The first-order valence-corrected chi connectivity index (χ1v) is 13.6. The Morgan fingerprint density at radius 2 is 1.24 bits per heavy atom. The fraction of sp³-hybridized carbons (Fsp3) is 0.273. The minimum absolute atomic E-state index is 0.0197. The number of rotatable bonds is 6. The SMILES string of the molecule is CCCC1(CCC)C2=N/C(=C\c3ccc([nH]3)C(c3ccc(OC)cc3)c3ccc([nH]3)/C=C3/C=CC1=N3)C=C2. The number of aromatic nitrogens is 2. The molecule has 0 spiro atoms. The lowest BCUT2D eigenvalue weighted by Gasteiger charge is -2.32. The van der Waals surface area contributed by atoms with E-state index >= 15 is 0 Å². The van der Waals surface area contributed by atoms with E-state index in [2.05, 4.69) is 96.7 Å². The minimum atomic E-state index is -0.181. The van der Waals surface area contributed by atoms with E-state index in [9.17, 15) is 0 Å². The number of nitrogens with zero attached hydrogens (tertiary/aromatic N) is 2. The van der Waals surface area contributed by atoms with Crippen molar-refractivity contribution in [1.29, 1.82) is 0 Å². The molecule has 5 heteroatoms. The highest BCUT2D eigenvalue weighted by Crippen LogP contribution is 2.40. The maximum atomic E-state index is 5.41. The first-order valence-electron chi connectivity index (χ1n) is 13.6. The summed E-state index contributed by atoms with van der Waals surface area (Å²) >= 11 is 0. The van der Waals surface area contributed by atoms with Gasteiger partial charge >= 0.3 is 0 Å². The maximum absolute atomic E-state index is 5.41. The molecule has 8 bridgehead atoms. The Balaban J connectivity index is 1.52. The van der Waals surface area contributed by atoms with Crippen LogP contribution in [-0.2, 0) is 0 Å². The van der Waals surface area contributed by atoms with E-state index in [1.54, 1.807) is 7.11 Å². The average molecular weight is 503 g/mol. The molecule has 3 aromatic rings. The van der Waals surface area contributed by atoms with Gasteiger partial charge in [0.15, 0.2) is 0 Å². The van der Waals surface area contributed by atoms with E-state index in [0.717, 1.165) is 77.0 Å². The van der Waals surface area contributed by atoms with Crippen LogP contribution in [0.1, 0.15) is 73.8 Å². The third-order valence-electron chi connectivity index (χ3n) is 7.80. The Bertz CT molecular complexity index is 1430. The fourth-order valence-electron chi connectivity index (χ4n) is 6.08. The first-order chi connectivity index (χ1) is 18.6. The number of H-pyrrole nitrogens is 2. The van der Waals surface area contributed by atoms with Crippen LogP contribution in [0, 0.1) is 5.41 Å². The topological polar surface area (TPSA) is 65.5 Å². The van der Waals surface area contributed by atoms with Gasteiger partial charge in [-0.15, -0.1) is 0 Å². The second-order valence-corrected chi connectivity index (χ2v) is 10.3. The Hall–Kier alpha value is -4.12. The quantitative estimate of drug-likeness (QED) is 0.354. The lowest BCUT2D eigenvalue weighted by atomic mass is 9.71. The molecule has 192 valence electrons. The van der Waals surface area contributed by atoms with Crippen LogP contribution >= 0.6 is 0 Å². The van der Waals surface area contributed by atoms with Gasteiger partial charge in [-0.1, -0.05) is 38.8 Å². The molecular weight excluding hydrogens is 468 g/mol. The summed E-state index contributed by atoms with van der Waals surface area (Å²) in [5, 5.41) is 0. The molecule has 0 amide bonds. The predicted molar refractivity (Wildman–Crippen MR) is 157 cm³/mol. The summed E-state index contributed by atoms with van der Waals surface area (Å²) in [5.74, 6) is 0.868. The fourth-order valence-corrected chi connectivity index (χ4v) is 6.08. The lowest BCUT2D eigenvalue weighted by molar-refractivity contribution is 0.414. The van der Waals surface area contributed by atoms with E-state index in [-0.39, 0.29) is 11.3 Å². The van der Waals surface area contributed by atoms with Crippen molar-refractivity contribution in [3.63, 3.8) is 0 Å². The molecule has 0 radical (unpaired) electrons. The predicted octanol–water partition coefficient (Wildman–Crippen LogP) is 7.84. The van der Waals surface area contributed by atoms with Crippen LogP contribution in [0.3, 0.4) is 0 Å². The molecule has 0 fully saturated rings. The van der Waals surface area contributed by atoms with Gasteiger partial charge in [0, 0.05) is 22.8 Å². The number of aliphatic imine (C=N–C) groups is 2. The van der Waals surface area contributed by atoms with Gasteiger partial charge in [-0.05, 0) is 91.3 Å². The van der Waals surface area contributed by atoms with E-state index in [4.69, 9.17) is 14.7 Å². The Morgan fingerprint density at radius 3 is 1.71 bits per heavy atom. The summed E-state index contributed by atoms with van der Waals surface area (Å²) in [4.78, 5) is 17.7. The third kappa shape index (κ3) is 4.32. The second kappa shape index (κ2) is 9.97. The molecule has 0 unspecified atom stereocenters. The summed E-state index contributed by atoms with van der Waals surface area (Å²) in [5.41, 5.74) is 9.50. The van der Waals surface area contributed by atoms with Gasteiger partial charge in [0.25, 0.3) is 0 Å². The second-order valence-electron chi connectivity index (χ2n) is 10.3. The molecule has 0 saturated heterocycles. The largest absolute Gasteiger partial charge is 0.497 e. The number of methoxy groups -OCH3 is 1. The zero-order chi connectivity index (χ0) is 26.1. The zero-order valence-corrected chi connectivity index (χ0v) is 22.3. The molecule has 38 heavy (non-hydrogen) atoms. The number of nitrogens with one attached hydrogen (secondary N) is 2. The first kappa shape index (κ1) is 24.2. The van der Waals surface area contributed by atoms with E-state index < -0.39 is 0 Å². The van der Waals surface area contributed by atoms with Crippen LogP contribution in [0.2, 0.25) is 0 Å². The van der Waals surface area contributed by atoms with Crippen molar-refractivity contribution in [2.45, 2.75) is 45.4 Å². The highest BCUT2D eigenvalue weighted by atomic mass is 16.5. The van der Waals surface area contributed by atoms with Gasteiger partial charge < -0.3 is 14.7 Å². The van der Waals surface area contributed by atoms with E-state index in [1.165, 1.54) is 5.56 Å². The third-order valence-corrected chi connectivity index (χ3v) is 7.80. The van der Waals surface area contributed by atoms with Gasteiger partial charge in [-0.25, -0.2) is 0 Å². The molecule has 3 aliphatic heterocycles. The van der Waals surface area contributed by atoms with Crippen LogP contribution in [0.5, 0.6) is 5.75 Å². The van der Waals surface area contributed by atoms with Gasteiger partial charge in [0.05, 0.1) is 41.3 Å². The van der Waals surface area contributed by atoms with Crippen molar-refractivity contribution in [3.05, 3.63) is 113 Å². The summed E-state index contributed by atoms with van der Waals surface area (Å²) < 4.78 is 5.41. The van der Waals surface area contributed by atoms with Crippen molar-refractivity contribution in [2.24, 2.45) is 15.4 Å². The Kier molecular flexibility index (Phi) is 6.36. The van der Waals surface area contributed by atoms with Crippen LogP contribution in [0.4, 0.5) is 0 Å². The molecule has 5 heterocycles. The van der Waals surface area contributed by atoms with Crippen LogP contribution in [0.15, 0.2) is 94.2 Å². The van der Waals surface area contributed by atoms with Crippen molar-refractivity contribution in [2.75, 3.05) is 7.11 Å². The van der Waals surface area contributed by atoms with Gasteiger partial charge in [0.1, 0.15) is 5.75 Å². The highest BCUT2D eigenvalue weighted by molar-refractivity contribution is 6.22. The molecule has 6 rings (SSSR count).